The van der Waals surface area contributed by atoms with E-state index in [-0.39, 0.29) is 57.0 Å². The Hall–Kier alpha value is -15.0. The standard InChI is InChI=1S/C28H27NO4S.C23H17NO4S.C22H17NO3S.2C22H25NO3S/c1-2-3-4-11-16-25(29-33-28(32)27(31)21-12-7-5-8-13-21)26(30)22-17-19-24(20-18-22)34-23-14-9-6-10-15-23;1-16(25)21(24-28-23(27)18-8-4-2-5-9-18)22(26)17-12-14-20(15-13-17)29-19-10-6-3-7-11-19;1-16(23-26-22(25)18-8-4-2-5-9-18)21(24)17-12-14-20(15-13-17)27-19-10-6-3-7-11-19;1-3-4-5-9-12-20(21(24)17-13-15-19(27-2)16-14-17)23-26-22(25)18-10-7-6-8-11-18;1-3-4-5-9-12-21(23-26-17(2)24)22(25)18-13-15-20(16-14-18)27-19-10-7-6-8-11-19/h5-10,12-15,17-20H,2-4,11,16H2,1H3;2-15H,1H3;2-15H,1H3;2*6-8,10-11,13-16H,3-5,9,12H2,1-2H3/b29-25+;24-21+;23-16+;23-20+;23-21+. The predicted octanol–water partition coefficient (Wildman–Crippen LogP) is 28.5. The van der Waals surface area contributed by atoms with E-state index in [1.807, 2.05) is 182 Å². The van der Waals surface area contributed by atoms with E-state index in [0.717, 1.165) is 121 Å². The quantitative estimate of drug-likeness (QED) is 0.00500. The SMILES string of the molecule is C/C(=N\OC(=O)c1ccccc1)C(=O)c1ccc(Sc2ccccc2)cc1.CC(=O)/C(=N\OC(=O)c1ccccc1)C(=O)c1ccc(Sc2ccccc2)cc1.CCCCCC/C(=N\OC(=O)C(=O)c1ccccc1)C(=O)c1ccc(Sc2ccccc2)cc1.CCCCCC/C(=N\OC(=O)c1ccccc1)C(=O)c1ccc(SC)cc1.CCCCCC/C(=N\OC(C)=O)C(=O)c1ccc(Sc2ccccc2)cc1. The molecule has 0 amide bonds. The van der Waals surface area contributed by atoms with E-state index in [2.05, 4.69) is 46.5 Å². The predicted molar refractivity (Wildman–Crippen MR) is 572 cm³/mol. The van der Waals surface area contributed by atoms with Crippen LogP contribution in [-0.4, -0.2) is 105 Å². The van der Waals surface area contributed by atoms with Gasteiger partial charge in [0.05, 0.1) is 16.7 Å². The highest BCUT2D eigenvalue weighted by Crippen LogP contribution is 2.33. The number of oxime groups is 5. The van der Waals surface area contributed by atoms with Gasteiger partial charge < -0.3 is 24.2 Å². The summed E-state index contributed by atoms with van der Waals surface area (Å²) in [4.78, 5) is 181. The molecule has 0 atom stereocenters. The Morgan fingerprint density at radius 3 is 0.743 bits per heavy atom. The topological polar surface area (TPSA) is 313 Å². The molecule has 13 rings (SSSR count). The van der Waals surface area contributed by atoms with Crippen molar-refractivity contribution in [3.8, 4) is 0 Å². The Morgan fingerprint density at radius 1 is 0.222 bits per heavy atom. The third-order valence-corrected chi connectivity index (χ3v) is 25.5. The van der Waals surface area contributed by atoms with Gasteiger partial charge in [-0.05, 0) is 258 Å². The molecule has 0 fully saturated rings. The van der Waals surface area contributed by atoms with E-state index in [1.165, 1.54) is 32.9 Å². The Labute approximate surface area is 861 Å². The van der Waals surface area contributed by atoms with Crippen molar-refractivity contribution < 1.29 is 81.7 Å². The molecule has 0 aromatic heterocycles. The number of Topliss-reactive ketones (excluding diaryl/α,β-unsaturated/α-hetero) is 7. The summed E-state index contributed by atoms with van der Waals surface area (Å²) in [5.74, 6) is -6.51. The van der Waals surface area contributed by atoms with Gasteiger partial charge in [-0.15, -0.1) is 11.8 Å². The number of nitrogens with zero attached hydrogens (tertiary/aromatic N) is 5. The smallest absolute Gasteiger partial charge is 0.318 e. The zero-order chi connectivity index (χ0) is 103. The normalized spacial score (nSPS) is 11.1. The van der Waals surface area contributed by atoms with Gasteiger partial charge in [0.15, 0.2) is 11.5 Å². The summed E-state index contributed by atoms with van der Waals surface area (Å²) in [5, 5.41) is 18.8. The first-order valence-corrected chi connectivity index (χ1v) is 51.3. The van der Waals surface area contributed by atoms with Gasteiger partial charge in [0.2, 0.25) is 28.9 Å². The summed E-state index contributed by atoms with van der Waals surface area (Å²) in [6, 6.07) is 109. The molecule has 0 aliphatic carbocycles. The average molecular weight is 2020 g/mol. The number of carbonyl (C=O) groups is 12. The van der Waals surface area contributed by atoms with E-state index < -0.39 is 52.9 Å². The van der Waals surface area contributed by atoms with E-state index in [9.17, 15) is 57.5 Å². The lowest BCUT2D eigenvalue weighted by molar-refractivity contribution is -0.141. The lowest BCUT2D eigenvalue weighted by atomic mass is 10.0. The Balaban J connectivity index is 0.000000201. The number of carbonyl (C=O) groups excluding carboxylic acids is 12. The van der Waals surface area contributed by atoms with E-state index in [1.54, 1.807) is 235 Å². The van der Waals surface area contributed by atoms with Gasteiger partial charge in [0.25, 0.3) is 5.78 Å². The lowest BCUT2D eigenvalue weighted by Crippen LogP contribution is -2.23. The Kier molecular flexibility index (Phi) is 49.8. The number of hydrogen-bond donors (Lipinski definition) is 0. The van der Waals surface area contributed by atoms with Crippen molar-refractivity contribution in [1.82, 2.24) is 0 Å². The van der Waals surface area contributed by atoms with Crippen LogP contribution in [0.4, 0.5) is 0 Å². The van der Waals surface area contributed by atoms with Gasteiger partial charge in [0.1, 0.15) is 22.8 Å². The molecule has 0 N–H and O–H groups in total. The van der Waals surface area contributed by atoms with Gasteiger partial charge >= 0.3 is 29.8 Å². The van der Waals surface area contributed by atoms with E-state index in [0.29, 0.717) is 58.4 Å². The maximum absolute atomic E-state index is 13.1. The number of ketones is 7. The van der Waals surface area contributed by atoms with Gasteiger partial charge in [-0.25, -0.2) is 24.0 Å². The molecule has 0 aliphatic heterocycles. The van der Waals surface area contributed by atoms with Gasteiger partial charge in [-0.1, -0.05) is 309 Å². The molecule has 13 aromatic rings. The van der Waals surface area contributed by atoms with Crippen molar-refractivity contribution in [2.75, 3.05) is 6.26 Å². The highest BCUT2D eigenvalue weighted by molar-refractivity contribution is 8.00. The van der Waals surface area contributed by atoms with Crippen LogP contribution in [0.5, 0.6) is 0 Å². The van der Waals surface area contributed by atoms with Crippen molar-refractivity contribution in [1.29, 1.82) is 0 Å². The minimum atomic E-state index is -1.11. The Morgan fingerprint density at radius 2 is 0.458 bits per heavy atom. The number of rotatable bonds is 45. The number of thioether (sulfide) groups is 1. The zero-order valence-corrected chi connectivity index (χ0v) is 85.0. The van der Waals surface area contributed by atoms with E-state index in [4.69, 9.17) is 24.2 Å². The first-order chi connectivity index (χ1) is 70.0. The van der Waals surface area contributed by atoms with Gasteiger partial charge in [-0.3, -0.25) is 33.6 Å². The van der Waals surface area contributed by atoms with Crippen LogP contribution < -0.4 is 0 Å². The second-order valence-corrected chi connectivity index (χ2v) is 37.2. The van der Waals surface area contributed by atoms with Gasteiger partial charge in [0, 0.05) is 91.3 Å². The molecule has 0 bridgehead atoms. The molecule has 0 spiro atoms. The van der Waals surface area contributed by atoms with Crippen LogP contribution in [-0.2, 0) is 38.6 Å². The molecular formula is C117H111N5O17S5. The second-order valence-electron chi connectivity index (χ2n) is 31.7. The van der Waals surface area contributed by atoms with Crippen LogP contribution in [0.25, 0.3) is 0 Å². The first-order valence-electron chi connectivity index (χ1n) is 46.8. The number of benzene rings is 13. The molecular weight excluding hydrogens is 1910 g/mol. The zero-order valence-electron chi connectivity index (χ0n) is 81.0. The van der Waals surface area contributed by atoms with Crippen LogP contribution in [0.3, 0.4) is 0 Å². The minimum Gasteiger partial charge on any atom is -0.318 e. The van der Waals surface area contributed by atoms with Crippen molar-refractivity contribution in [3.63, 3.8) is 0 Å². The fourth-order valence-corrected chi connectivity index (χ4v) is 16.7. The second kappa shape index (κ2) is 63.7. The molecule has 736 valence electrons. The third-order valence-electron chi connectivity index (χ3n) is 20.7. The van der Waals surface area contributed by atoms with E-state index >= 15 is 0 Å². The maximum Gasteiger partial charge on any atom is 0.405 e. The molecule has 0 radical (unpaired) electrons. The number of unbranched alkanes of at least 4 members (excludes halogenated alkanes) is 9. The summed E-state index contributed by atoms with van der Waals surface area (Å²) in [5.41, 5.74) is 4.00. The largest absolute Gasteiger partial charge is 0.405 e. The Bertz CT molecular complexity index is 6490. The molecule has 0 unspecified atom stereocenters. The summed E-state index contributed by atoms with van der Waals surface area (Å²) >= 11 is 8.03. The molecule has 13 aromatic carbocycles. The molecule has 0 saturated heterocycles. The van der Waals surface area contributed by atoms with Crippen LogP contribution >= 0.6 is 58.8 Å². The van der Waals surface area contributed by atoms with Crippen molar-refractivity contribution in [3.05, 3.63) is 414 Å². The minimum absolute atomic E-state index is 0.114. The summed E-state index contributed by atoms with van der Waals surface area (Å²) < 4.78 is 0. The summed E-state index contributed by atoms with van der Waals surface area (Å²) in [6.07, 6.45) is 15.3. The van der Waals surface area contributed by atoms with Crippen molar-refractivity contribution >= 4 is 158 Å². The monoisotopic (exact) mass is 2020 g/mol. The first kappa shape index (κ1) is 113. The average Bonchev–Trinajstić information content (AvgIpc) is 0.829. The lowest BCUT2D eigenvalue weighted by Gasteiger charge is -2.07. The molecule has 0 heterocycles. The molecule has 27 heteroatoms. The van der Waals surface area contributed by atoms with Crippen LogP contribution in [0.1, 0.15) is 231 Å². The highest BCUT2D eigenvalue weighted by atomic mass is 32.2. The fraction of sp³-hybridized carbons (Fsp3) is 0.188. The fourth-order valence-electron chi connectivity index (χ4n) is 13.0. The van der Waals surface area contributed by atoms with Crippen LogP contribution in [0.15, 0.2) is 434 Å². The van der Waals surface area contributed by atoms with Crippen LogP contribution in [0.2, 0.25) is 0 Å². The molecule has 22 nitrogen and oxygen atoms in total. The van der Waals surface area contributed by atoms with Crippen LogP contribution in [0, 0.1) is 0 Å². The number of hydrogen-bond acceptors (Lipinski definition) is 27. The third kappa shape index (κ3) is 40.2. The van der Waals surface area contributed by atoms with Crippen molar-refractivity contribution in [2.24, 2.45) is 25.8 Å². The maximum atomic E-state index is 13.1. The highest BCUT2D eigenvalue weighted by Gasteiger charge is 2.25. The van der Waals surface area contributed by atoms with Gasteiger partial charge in [-0.2, -0.15) is 0 Å². The molecule has 0 saturated carbocycles. The molecule has 0 aliphatic rings. The molecule has 144 heavy (non-hydrogen) atoms. The summed E-state index contributed by atoms with van der Waals surface area (Å²) in [6.45, 7) is 10.4. The van der Waals surface area contributed by atoms with Crippen molar-refractivity contribution in [2.45, 2.75) is 182 Å². The summed E-state index contributed by atoms with van der Waals surface area (Å²) in [7, 11) is 0.